The Labute approximate surface area is 182 Å². The molecule has 158 valence electrons. The van der Waals surface area contributed by atoms with Crippen LogP contribution in [0.2, 0.25) is 0 Å². The summed E-state index contributed by atoms with van der Waals surface area (Å²) in [4.78, 5) is 16.7. The molecule has 2 N–H and O–H groups in total. The first-order valence-electron chi connectivity index (χ1n) is 10.6. The lowest BCUT2D eigenvalue weighted by molar-refractivity contribution is 0.248. The highest BCUT2D eigenvalue weighted by atomic mass is 32.1. The molecule has 4 rings (SSSR count). The number of nitrogens with zero attached hydrogens (tertiary/aromatic N) is 2. The van der Waals surface area contributed by atoms with Crippen molar-refractivity contribution in [2.75, 3.05) is 18.9 Å². The summed E-state index contributed by atoms with van der Waals surface area (Å²) < 4.78 is 2.19. The number of aryl methyl sites for hydroxylation is 2. The van der Waals surface area contributed by atoms with Gasteiger partial charge in [-0.05, 0) is 74.7 Å². The number of aromatic nitrogens is 1. The first-order chi connectivity index (χ1) is 14.4. The zero-order valence-electron chi connectivity index (χ0n) is 18.2. The van der Waals surface area contributed by atoms with Crippen LogP contribution in [0.1, 0.15) is 46.5 Å². The van der Waals surface area contributed by atoms with Crippen molar-refractivity contribution in [3.8, 4) is 5.00 Å². The second-order valence-corrected chi connectivity index (χ2v) is 9.32. The minimum Gasteiger partial charge on any atom is -0.331 e. The van der Waals surface area contributed by atoms with Gasteiger partial charge in [-0.15, -0.1) is 11.3 Å². The summed E-state index contributed by atoms with van der Waals surface area (Å²) in [6.45, 7) is 8.25. The molecule has 0 saturated carbocycles. The van der Waals surface area contributed by atoms with Crippen LogP contribution in [-0.4, -0.2) is 29.1 Å². The summed E-state index contributed by atoms with van der Waals surface area (Å²) in [6, 6.07) is 10.0. The largest absolute Gasteiger partial charge is 0.331 e. The van der Waals surface area contributed by atoms with Gasteiger partial charge >= 0.3 is 6.03 Å². The molecule has 2 aromatic heterocycles. The molecule has 0 aliphatic carbocycles. The van der Waals surface area contributed by atoms with E-state index in [1.807, 2.05) is 37.3 Å². The number of fused-ring (bicyclic) bond motifs is 1. The average molecular weight is 423 g/mol. The Balaban J connectivity index is 1.63. The van der Waals surface area contributed by atoms with Gasteiger partial charge in [-0.3, -0.25) is 0 Å². The molecule has 0 radical (unpaired) electrons. The summed E-state index contributed by atoms with van der Waals surface area (Å²) in [7, 11) is 2.17. The number of likely N-dealkylation sites (N-methyl/N-ethyl adjacent to an activating group) is 1. The van der Waals surface area contributed by atoms with Gasteiger partial charge in [-0.25, -0.2) is 4.79 Å². The number of amides is 2. The topological polar surface area (TPSA) is 49.3 Å². The Kier molecular flexibility index (Phi) is 5.97. The minimum atomic E-state index is -0.154. The molecular weight excluding hydrogens is 392 g/mol. The molecule has 2 amide bonds. The summed E-state index contributed by atoms with van der Waals surface area (Å²) in [6.07, 6.45) is 6.04. The second kappa shape index (κ2) is 8.66. The fourth-order valence-corrected chi connectivity index (χ4v) is 5.77. The van der Waals surface area contributed by atoms with E-state index in [2.05, 4.69) is 64.7 Å². The number of rotatable bonds is 5. The van der Waals surface area contributed by atoms with Crippen molar-refractivity contribution >= 4 is 23.1 Å². The maximum atomic E-state index is 12.9. The number of carbonyl (C=O) groups excluding carboxylic acids is 1. The number of urea groups is 1. The van der Waals surface area contributed by atoms with Crippen molar-refractivity contribution in [3.63, 3.8) is 0 Å². The molecule has 0 fully saturated rings. The molecule has 30 heavy (non-hydrogen) atoms. The number of nitrogens with one attached hydrogen (secondary N) is 2. The van der Waals surface area contributed by atoms with Gasteiger partial charge in [0, 0.05) is 41.6 Å². The Bertz CT molecular complexity index is 1020. The van der Waals surface area contributed by atoms with Crippen LogP contribution in [0.15, 0.2) is 42.7 Å². The van der Waals surface area contributed by atoms with E-state index >= 15 is 0 Å². The Morgan fingerprint density at radius 3 is 2.53 bits per heavy atom. The molecule has 1 aromatic carbocycles. The highest BCUT2D eigenvalue weighted by molar-refractivity contribution is 7.15. The maximum Gasteiger partial charge on any atom is 0.319 e. The predicted molar refractivity (Wildman–Crippen MR) is 125 cm³/mol. The van der Waals surface area contributed by atoms with E-state index in [1.54, 1.807) is 0 Å². The van der Waals surface area contributed by atoms with Crippen molar-refractivity contribution < 1.29 is 4.79 Å². The second-order valence-electron chi connectivity index (χ2n) is 8.24. The number of carbonyl (C=O) groups is 1. The highest BCUT2D eigenvalue weighted by Gasteiger charge is 2.28. The van der Waals surface area contributed by atoms with Gasteiger partial charge in [0.05, 0.1) is 6.04 Å². The van der Waals surface area contributed by atoms with Gasteiger partial charge in [-0.2, -0.15) is 0 Å². The third kappa shape index (κ3) is 4.30. The Morgan fingerprint density at radius 2 is 1.87 bits per heavy atom. The van der Waals surface area contributed by atoms with Crippen LogP contribution in [0.3, 0.4) is 0 Å². The first-order valence-corrected chi connectivity index (χ1v) is 11.4. The molecule has 3 heterocycles. The van der Waals surface area contributed by atoms with Gasteiger partial charge in [0.25, 0.3) is 0 Å². The smallest absolute Gasteiger partial charge is 0.319 e. The molecule has 1 aliphatic rings. The van der Waals surface area contributed by atoms with Gasteiger partial charge in [0.1, 0.15) is 5.00 Å². The van der Waals surface area contributed by atoms with Gasteiger partial charge in [0.15, 0.2) is 0 Å². The van der Waals surface area contributed by atoms with Crippen LogP contribution in [0.5, 0.6) is 0 Å². The first kappa shape index (κ1) is 20.7. The van der Waals surface area contributed by atoms with Crippen LogP contribution in [0, 0.1) is 13.8 Å². The van der Waals surface area contributed by atoms with E-state index in [-0.39, 0.29) is 12.1 Å². The van der Waals surface area contributed by atoms with E-state index in [0.29, 0.717) is 0 Å². The molecule has 5 nitrogen and oxygen atoms in total. The van der Waals surface area contributed by atoms with Crippen LogP contribution in [0.4, 0.5) is 10.5 Å². The molecule has 0 saturated heterocycles. The highest BCUT2D eigenvalue weighted by Crippen LogP contribution is 2.40. The van der Waals surface area contributed by atoms with Crippen molar-refractivity contribution in [1.29, 1.82) is 0 Å². The van der Waals surface area contributed by atoms with E-state index in [4.69, 9.17) is 0 Å². The molecule has 1 aliphatic heterocycles. The zero-order valence-corrected chi connectivity index (χ0v) is 19.0. The standard InChI is InChI=1S/C24H30N4OS/c1-5-20(26-24(29)25-18-13-16(2)12-17(3)14-18)22-19-8-11-27(4)15-21(19)30-23(22)28-9-6-7-10-28/h6-7,9-10,12-14,20H,5,8,11,15H2,1-4H3,(H2,25,26,29)/t20-/m0/s1. The fourth-order valence-electron chi connectivity index (χ4n) is 4.31. The molecule has 3 aromatic rings. The predicted octanol–water partition coefficient (Wildman–Crippen LogP) is 5.42. The van der Waals surface area contributed by atoms with Crippen molar-refractivity contribution in [1.82, 2.24) is 14.8 Å². The van der Waals surface area contributed by atoms with E-state index < -0.39 is 0 Å². The zero-order chi connectivity index (χ0) is 21.3. The van der Waals surface area contributed by atoms with Crippen LogP contribution < -0.4 is 10.6 Å². The van der Waals surface area contributed by atoms with Crippen LogP contribution in [-0.2, 0) is 13.0 Å². The number of benzene rings is 1. The Hall–Kier alpha value is -2.57. The average Bonchev–Trinajstić information content (AvgIpc) is 3.32. The van der Waals surface area contributed by atoms with E-state index in [1.165, 1.54) is 21.0 Å². The lowest BCUT2D eigenvalue weighted by Crippen LogP contribution is -2.34. The lowest BCUT2D eigenvalue weighted by atomic mass is 9.96. The third-order valence-corrected chi connectivity index (χ3v) is 6.90. The quantitative estimate of drug-likeness (QED) is 0.577. The molecule has 0 spiro atoms. The summed E-state index contributed by atoms with van der Waals surface area (Å²) >= 11 is 1.85. The normalized spacial score (nSPS) is 14.9. The third-order valence-electron chi connectivity index (χ3n) is 5.65. The summed E-state index contributed by atoms with van der Waals surface area (Å²) in [5, 5.41) is 7.50. The van der Waals surface area contributed by atoms with Crippen LogP contribution in [0.25, 0.3) is 5.00 Å². The van der Waals surface area contributed by atoms with Crippen molar-refractivity contribution in [3.05, 3.63) is 69.9 Å². The maximum absolute atomic E-state index is 12.9. The fraction of sp³-hybridized carbons (Fsp3) is 0.375. The van der Waals surface area contributed by atoms with Crippen molar-refractivity contribution in [2.24, 2.45) is 0 Å². The number of hydrogen-bond acceptors (Lipinski definition) is 3. The lowest BCUT2D eigenvalue weighted by Gasteiger charge is -2.25. The summed E-state index contributed by atoms with van der Waals surface area (Å²) in [5.41, 5.74) is 5.81. The van der Waals surface area contributed by atoms with Crippen molar-refractivity contribution in [2.45, 2.75) is 46.2 Å². The van der Waals surface area contributed by atoms with E-state index in [9.17, 15) is 4.79 Å². The molecule has 0 unspecified atom stereocenters. The summed E-state index contributed by atoms with van der Waals surface area (Å²) in [5.74, 6) is 0. The monoisotopic (exact) mass is 422 g/mol. The van der Waals surface area contributed by atoms with Gasteiger partial charge in [0.2, 0.25) is 0 Å². The van der Waals surface area contributed by atoms with Gasteiger partial charge in [-0.1, -0.05) is 13.0 Å². The molecule has 6 heteroatoms. The molecular formula is C24H30N4OS. The SMILES string of the molecule is CC[C@H](NC(=O)Nc1cc(C)cc(C)c1)c1c(-n2cccc2)sc2c1CCN(C)C2. The number of hydrogen-bond donors (Lipinski definition) is 2. The number of anilines is 1. The number of thiophene rings is 1. The Morgan fingerprint density at radius 1 is 1.17 bits per heavy atom. The van der Waals surface area contributed by atoms with Crippen LogP contribution >= 0.6 is 11.3 Å². The molecule has 1 atom stereocenters. The molecule has 0 bridgehead atoms. The van der Waals surface area contributed by atoms with Gasteiger partial charge < -0.3 is 20.1 Å². The van der Waals surface area contributed by atoms with E-state index in [0.717, 1.165) is 42.7 Å². The minimum absolute atomic E-state index is 0.0308.